The van der Waals surface area contributed by atoms with Crippen molar-refractivity contribution in [1.82, 2.24) is 10.6 Å². The molecule has 2 aromatic carbocycles. The molecule has 0 radical (unpaired) electrons. The highest BCUT2D eigenvalue weighted by atomic mass is 16.5. The molecule has 1 heterocycles. The summed E-state index contributed by atoms with van der Waals surface area (Å²) in [5.74, 6) is 0.827. The maximum Gasteiger partial charge on any atom is 0.257 e. The first-order valence-electron chi connectivity index (χ1n) is 9.01. The standard InChI is InChI=1S/C21H23N3O5/c1-12-6-5-7-13(10-12)20(26)24-21-22-15(11-17(25)23-21)14-8-9-16(27-2)19(29-4)18(14)28-3/h5-10,15H,11H2,1-4H3,(H2,22,23,24,25,26)/t15-/m0/s1. The minimum absolute atomic E-state index is 0.0922. The summed E-state index contributed by atoms with van der Waals surface area (Å²) < 4.78 is 16.2. The van der Waals surface area contributed by atoms with E-state index in [-0.39, 0.29) is 24.2 Å². The molecular weight excluding hydrogens is 374 g/mol. The topological polar surface area (TPSA) is 98.3 Å². The van der Waals surface area contributed by atoms with Crippen molar-refractivity contribution in [3.63, 3.8) is 0 Å². The second-order valence-electron chi connectivity index (χ2n) is 6.49. The van der Waals surface area contributed by atoms with E-state index >= 15 is 0 Å². The van der Waals surface area contributed by atoms with Crippen LogP contribution in [0.4, 0.5) is 0 Å². The number of ether oxygens (including phenoxy) is 3. The summed E-state index contributed by atoms with van der Waals surface area (Å²) in [6.07, 6.45) is 0.107. The number of methoxy groups -OCH3 is 3. The van der Waals surface area contributed by atoms with Gasteiger partial charge < -0.3 is 14.2 Å². The molecule has 8 heteroatoms. The molecule has 0 saturated carbocycles. The summed E-state index contributed by atoms with van der Waals surface area (Å²) in [4.78, 5) is 29.3. The van der Waals surface area contributed by atoms with Gasteiger partial charge in [-0.3, -0.25) is 20.2 Å². The van der Waals surface area contributed by atoms with Crippen molar-refractivity contribution in [1.29, 1.82) is 0 Å². The number of hydrogen-bond donors (Lipinski definition) is 2. The van der Waals surface area contributed by atoms with Crippen LogP contribution in [0.3, 0.4) is 0 Å². The Morgan fingerprint density at radius 1 is 1.10 bits per heavy atom. The van der Waals surface area contributed by atoms with E-state index in [0.717, 1.165) is 5.56 Å². The first-order valence-corrected chi connectivity index (χ1v) is 9.01. The van der Waals surface area contributed by atoms with Crippen LogP contribution < -0.4 is 24.8 Å². The van der Waals surface area contributed by atoms with Crippen LogP contribution in [0.2, 0.25) is 0 Å². The largest absolute Gasteiger partial charge is 0.493 e. The zero-order valence-corrected chi connectivity index (χ0v) is 16.7. The average Bonchev–Trinajstić information content (AvgIpc) is 2.71. The highest BCUT2D eigenvalue weighted by molar-refractivity contribution is 6.10. The molecule has 0 aromatic heterocycles. The molecule has 0 bridgehead atoms. The first kappa shape index (κ1) is 20.2. The number of nitrogens with one attached hydrogen (secondary N) is 2. The summed E-state index contributed by atoms with van der Waals surface area (Å²) >= 11 is 0. The Morgan fingerprint density at radius 3 is 2.52 bits per heavy atom. The zero-order chi connectivity index (χ0) is 21.0. The van der Waals surface area contributed by atoms with Gasteiger partial charge in [-0.2, -0.15) is 0 Å². The molecule has 0 saturated heterocycles. The number of amides is 2. The normalized spacial score (nSPS) is 15.8. The Labute approximate surface area is 168 Å². The van der Waals surface area contributed by atoms with Gasteiger partial charge in [-0.25, -0.2) is 4.99 Å². The van der Waals surface area contributed by atoms with Gasteiger partial charge in [-0.05, 0) is 31.2 Å². The number of hydrogen-bond acceptors (Lipinski definition) is 6. The van der Waals surface area contributed by atoms with Crippen molar-refractivity contribution >= 4 is 17.8 Å². The Morgan fingerprint density at radius 2 is 1.86 bits per heavy atom. The van der Waals surface area contributed by atoms with Crippen molar-refractivity contribution in [2.75, 3.05) is 21.3 Å². The Hall–Kier alpha value is -3.55. The van der Waals surface area contributed by atoms with E-state index in [4.69, 9.17) is 14.2 Å². The lowest BCUT2D eigenvalue weighted by Crippen LogP contribution is -2.47. The minimum atomic E-state index is -0.550. The lowest BCUT2D eigenvalue weighted by atomic mass is 10.0. The maximum atomic E-state index is 12.5. The van der Waals surface area contributed by atoms with E-state index in [2.05, 4.69) is 15.6 Å². The van der Waals surface area contributed by atoms with Gasteiger partial charge in [0, 0.05) is 11.1 Å². The molecule has 2 aromatic rings. The molecule has 152 valence electrons. The van der Waals surface area contributed by atoms with Crippen molar-refractivity contribution in [3.05, 3.63) is 53.1 Å². The Balaban J connectivity index is 1.92. The molecule has 8 nitrogen and oxygen atoms in total. The average molecular weight is 397 g/mol. The summed E-state index contributed by atoms with van der Waals surface area (Å²) in [6, 6.07) is 10.1. The third-order valence-corrected chi connectivity index (χ3v) is 4.53. The number of aryl methyl sites for hydroxylation is 1. The van der Waals surface area contributed by atoms with Crippen molar-refractivity contribution < 1.29 is 23.8 Å². The minimum Gasteiger partial charge on any atom is -0.493 e. The molecule has 29 heavy (non-hydrogen) atoms. The third kappa shape index (κ3) is 4.31. The SMILES string of the molecule is COc1ccc([C@@H]2CC(=O)NC(NC(=O)c3cccc(C)c3)=N2)c(OC)c1OC. The molecule has 0 unspecified atom stereocenters. The summed E-state index contributed by atoms with van der Waals surface area (Å²) in [6.45, 7) is 1.90. The van der Waals surface area contributed by atoms with Crippen LogP contribution in [0.5, 0.6) is 17.2 Å². The smallest absolute Gasteiger partial charge is 0.257 e. The van der Waals surface area contributed by atoms with Gasteiger partial charge in [0.05, 0.1) is 33.8 Å². The molecule has 1 atom stereocenters. The van der Waals surface area contributed by atoms with Crippen molar-refractivity contribution in [2.24, 2.45) is 4.99 Å². The van der Waals surface area contributed by atoms with Crippen LogP contribution in [0.1, 0.15) is 33.9 Å². The van der Waals surface area contributed by atoms with Gasteiger partial charge in [0.2, 0.25) is 17.6 Å². The fraction of sp³-hybridized carbons (Fsp3) is 0.286. The lowest BCUT2D eigenvalue weighted by molar-refractivity contribution is -0.120. The fourth-order valence-corrected chi connectivity index (χ4v) is 3.19. The van der Waals surface area contributed by atoms with Crippen molar-refractivity contribution in [2.45, 2.75) is 19.4 Å². The number of nitrogens with zero attached hydrogens (tertiary/aromatic N) is 1. The first-order chi connectivity index (χ1) is 14.0. The Bertz CT molecular complexity index is 971. The summed E-state index contributed by atoms with van der Waals surface area (Å²) in [7, 11) is 4.55. The van der Waals surface area contributed by atoms with Crippen molar-refractivity contribution in [3.8, 4) is 17.2 Å². The zero-order valence-electron chi connectivity index (χ0n) is 16.7. The van der Waals surface area contributed by atoms with E-state index < -0.39 is 6.04 Å². The van der Waals surface area contributed by atoms with Gasteiger partial charge in [-0.15, -0.1) is 0 Å². The predicted octanol–water partition coefficient (Wildman–Crippen LogP) is 2.37. The number of carbonyl (C=O) groups excluding carboxylic acids is 2. The molecular formula is C21H23N3O5. The van der Waals surface area contributed by atoms with E-state index in [1.165, 1.54) is 21.3 Å². The fourth-order valence-electron chi connectivity index (χ4n) is 3.19. The maximum absolute atomic E-state index is 12.5. The number of carbonyl (C=O) groups is 2. The highest BCUT2D eigenvalue weighted by Gasteiger charge is 2.28. The van der Waals surface area contributed by atoms with E-state index in [9.17, 15) is 9.59 Å². The lowest BCUT2D eigenvalue weighted by Gasteiger charge is -2.24. The molecule has 1 aliphatic heterocycles. The molecule has 0 fully saturated rings. The third-order valence-electron chi connectivity index (χ3n) is 4.53. The van der Waals surface area contributed by atoms with Crippen LogP contribution in [0.15, 0.2) is 41.4 Å². The Kier molecular flexibility index (Phi) is 6.01. The number of rotatable bonds is 5. The van der Waals surface area contributed by atoms with Gasteiger partial charge in [-0.1, -0.05) is 17.7 Å². The predicted molar refractivity (Wildman–Crippen MR) is 108 cm³/mol. The summed E-state index contributed by atoms with van der Waals surface area (Å²) in [5, 5.41) is 5.27. The van der Waals surface area contributed by atoms with Crippen LogP contribution in [-0.4, -0.2) is 39.1 Å². The molecule has 2 amide bonds. The monoisotopic (exact) mass is 397 g/mol. The van der Waals surface area contributed by atoms with Crippen LogP contribution in [0.25, 0.3) is 0 Å². The molecule has 1 aliphatic rings. The number of benzene rings is 2. The van der Waals surface area contributed by atoms with Crippen LogP contribution in [0, 0.1) is 6.92 Å². The van der Waals surface area contributed by atoms with Crippen LogP contribution >= 0.6 is 0 Å². The second-order valence-corrected chi connectivity index (χ2v) is 6.49. The second kappa shape index (κ2) is 8.64. The quantitative estimate of drug-likeness (QED) is 0.807. The van der Waals surface area contributed by atoms with Gasteiger partial charge in [0.1, 0.15) is 0 Å². The van der Waals surface area contributed by atoms with E-state index in [1.54, 1.807) is 30.3 Å². The number of guanidine groups is 1. The highest BCUT2D eigenvalue weighted by Crippen LogP contribution is 2.43. The molecule has 0 aliphatic carbocycles. The molecule has 0 spiro atoms. The molecule has 3 rings (SSSR count). The van der Waals surface area contributed by atoms with Gasteiger partial charge >= 0.3 is 0 Å². The van der Waals surface area contributed by atoms with Gasteiger partial charge in [0.15, 0.2) is 11.5 Å². The van der Waals surface area contributed by atoms with E-state index in [0.29, 0.717) is 28.4 Å². The number of aliphatic imine (C=N–C) groups is 1. The van der Waals surface area contributed by atoms with Gasteiger partial charge in [0.25, 0.3) is 5.91 Å². The van der Waals surface area contributed by atoms with E-state index in [1.807, 2.05) is 13.0 Å². The van der Waals surface area contributed by atoms with Crippen LogP contribution in [-0.2, 0) is 4.79 Å². The summed E-state index contributed by atoms with van der Waals surface area (Å²) in [5.41, 5.74) is 2.09. The molecule has 2 N–H and O–H groups in total.